The third kappa shape index (κ3) is 3.65. The molecule has 1 aromatic heterocycles. The van der Waals surface area contributed by atoms with Crippen LogP contribution in [-0.2, 0) is 0 Å². The van der Waals surface area contributed by atoms with Crippen molar-refractivity contribution >= 4 is 22.3 Å². The molecule has 7 nitrogen and oxygen atoms in total. The summed E-state index contributed by atoms with van der Waals surface area (Å²) in [5.41, 5.74) is 7.89. The fraction of sp³-hybridized carbons (Fsp3) is 0.211. The molecule has 2 unspecified atom stereocenters. The predicted molar refractivity (Wildman–Crippen MR) is 101 cm³/mol. The number of fused-ring (bicyclic) bond motifs is 1. The molecular weight excluding hydrogens is 391 g/mol. The molecule has 154 valence electrons. The van der Waals surface area contributed by atoms with Gasteiger partial charge >= 0.3 is 0 Å². The highest BCUT2D eigenvalue weighted by molar-refractivity contribution is 5.91. The molecule has 0 aliphatic carbocycles. The summed E-state index contributed by atoms with van der Waals surface area (Å²) in [6.45, 7) is 1.06. The molecule has 0 bridgehead atoms. The summed E-state index contributed by atoms with van der Waals surface area (Å²) >= 11 is 0. The highest BCUT2D eigenvalue weighted by atomic mass is 19.1. The van der Waals surface area contributed by atoms with Gasteiger partial charge in [-0.25, -0.2) is 13.2 Å². The van der Waals surface area contributed by atoms with Gasteiger partial charge in [0, 0.05) is 17.7 Å². The number of benzene rings is 2. The van der Waals surface area contributed by atoms with Crippen LogP contribution >= 0.6 is 0 Å². The number of nitrogens with one attached hydrogen (secondary N) is 1. The number of halogens is 3. The molecule has 29 heavy (non-hydrogen) atoms. The number of rotatable bonds is 5. The normalized spacial score (nSPS) is 13.6. The largest absolute Gasteiger partial charge is 0.453 e. The summed E-state index contributed by atoms with van der Waals surface area (Å²) in [7, 11) is 0. The van der Waals surface area contributed by atoms with E-state index in [2.05, 4.69) is 5.32 Å². The maximum atomic E-state index is 15.0. The van der Waals surface area contributed by atoms with Gasteiger partial charge in [0.25, 0.3) is 0 Å². The first-order valence-electron chi connectivity index (χ1n) is 8.50. The van der Waals surface area contributed by atoms with Crippen LogP contribution in [0.3, 0.4) is 0 Å². The maximum absolute atomic E-state index is 15.0. The fourth-order valence-electron chi connectivity index (χ4n) is 2.84. The molecule has 0 fully saturated rings. The molecule has 7 N–H and O–H groups in total. The van der Waals surface area contributed by atoms with Gasteiger partial charge in [-0.2, -0.15) is 0 Å². The summed E-state index contributed by atoms with van der Waals surface area (Å²) in [5, 5.41) is 21.0. The average molecular weight is 409 g/mol. The number of hydrogen-bond acceptors (Lipinski definition) is 7. The van der Waals surface area contributed by atoms with Crippen molar-refractivity contribution in [1.29, 1.82) is 0 Å². The number of aliphatic hydroxyl groups is 2. The van der Waals surface area contributed by atoms with Crippen molar-refractivity contribution in [2.45, 2.75) is 19.2 Å². The minimum atomic E-state index is -1.88. The summed E-state index contributed by atoms with van der Waals surface area (Å²) in [6.07, 6.45) is -1.88. The number of anilines is 2. The third-order valence-electron chi connectivity index (χ3n) is 4.40. The smallest absolute Gasteiger partial charge is 0.195 e. The first-order chi connectivity index (χ1) is 13.6. The number of nitrogen functional groups attached to an aromatic ring is 2. The molecule has 0 aliphatic heterocycles. The van der Waals surface area contributed by atoms with Crippen LogP contribution in [0, 0.1) is 17.5 Å². The molecule has 0 saturated heterocycles. The summed E-state index contributed by atoms with van der Waals surface area (Å²) in [4.78, 5) is 12.5. The minimum absolute atomic E-state index is 0.0899. The van der Waals surface area contributed by atoms with Gasteiger partial charge in [-0.15, -0.1) is 0 Å². The Kier molecular flexibility index (Phi) is 5.51. The molecule has 2 atom stereocenters. The molecule has 0 spiro atoms. The van der Waals surface area contributed by atoms with Crippen LogP contribution in [-0.4, -0.2) is 22.9 Å². The second-order valence-electron chi connectivity index (χ2n) is 6.52. The van der Waals surface area contributed by atoms with Crippen molar-refractivity contribution < 1.29 is 27.8 Å². The Balaban J connectivity index is 2.26. The SMILES string of the molecule is CC(CO)NC(O)c1c(F)c(N)c2c(=O)cc(-c3ccc(N)c(F)c3)oc2c1F. The zero-order valence-corrected chi connectivity index (χ0v) is 15.2. The predicted octanol–water partition coefficient (Wildman–Crippen LogP) is 2.00. The molecule has 1 heterocycles. The molecular formula is C19H18F3N3O4. The Morgan fingerprint density at radius 1 is 1.17 bits per heavy atom. The Morgan fingerprint density at radius 3 is 2.48 bits per heavy atom. The van der Waals surface area contributed by atoms with E-state index in [1.54, 1.807) is 0 Å². The Labute approximate surface area is 162 Å². The van der Waals surface area contributed by atoms with E-state index < -0.39 is 64.0 Å². The van der Waals surface area contributed by atoms with Crippen molar-refractivity contribution in [3.8, 4) is 11.3 Å². The summed E-state index contributed by atoms with van der Waals surface area (Å²) in [5.74, 6) is -3.67. The van der Waals surface area contributed by atoms with Crippen LogP contribution in [0.2, 0.25) is 0 Å². The lowest BCUT2D eigenvalue weighted by atomic mass is 10.0. The number of hydrogen-bond donors (Lipinski definition) is 5. The molecule has 2 aromatic carbocycles. The van der Waals surface area contributed by atoms with Crippen molar-refractivity contribution in [1.82, 2.24) is 5.32 Å². The lowest BCUT2D eigenvalue weighted by Gasteiger charge is -2.20. The lowest BCUT2D eigenvalue weighted by molar-refractivity contribution is 0.102. The first-order valence-corrected chi connectivity index (χ1v) is 8.50. The van der Waals surface area contributed by atoms with Crippen LogP contribution in [0.5, 0.6) is 0 Å². The minimum Gasteiger partial charge on any atom is -0.453 e. The Morgan fingerprint density at radius 2 is 1.86 bits per heavy atom. The van der Waals surface area contributed by atoms with E-state index in [0.29, 0.717) is 0 Å². The summed E-state index contributed by atoms with van der Waals surface area (Å²) in [6, 6.07) is 3.80. The van der Waals surface area contributed by atoms with Gasteiger partial charge in [-0.05, 0) is 25.1 Å². The highest BCUT2D eigenvalue weighted by Gasteiger charge is 2.28. The molecule has 0 aliphatic rings. The molecule has 0 saturated carbocycles. The van der Waals surface area contributed by atoms with Crippen molar-refractivity contribution in [2.24, 2.45) is 0 Å². The Hall–Kier alpha value is -3.08. The van der Waals surface area contributed by atoms with E-state index >= 15 is 4.39 Å². The zero-order chi connectivity index (χ0) is 21.5. The average Bonchev–Trinajstić information content (AvgIpc) is 2.67. The van der Waals surface area contributed by atoms with Crippen LogP contribution in [0.25, 0.3) is 22.3 Å². The van der Waals surface area contributed by atoms with Crippen LogP contribution < -0.4 is 22.2 Å². The molecule has 10 heteroatoms. The van der Waals surface area contributed by atoms with Gasteiger partial charge in [0.1, 0.15) is 17.8 Å². The molecule has 3 aromatic rings. The van der Waals surface area contributed by atoms with E-state index in [1.165, 1.54) is 19.1 Å². The topological polar surface area (TPSA) is 135 Å². The fourth-order valence-corrected chi connectivity index (χ4v) is 2.84. The van der Waals surface area contributed by atoms with Gasteiger partial charge in [0.05, 0.1) is 28.9 Å². The van der Waals surface area contributed by atoms with E-state index in [0.717, 1.165) is 12.1 Å². The molecule has 0 amide bonds. The van der Waals surface area contributed by atoms with Gasteiger partial charge in [-0.3, -0.25) is 10.1 Å². The monoisotopic (exact) mass is 409 g/mol. The van der Waals surface area contributed by atoms with E-state index in [1.807, 2.05) is 0 Å². The number of nitrogens with two attached hydrogens (primary N) is 2. The van der Waals surface area contributed by atoms with Gasteiger partial charge in [0.15, 0.2) is 22.6 Å². The Bertz CT molecular complexity index is 1150. The zero-order valence-electron chi connectivity index (χ0n) is 15.2. The number of aliphatic hydroxyl groups excluding tert-OH is 2. The molecule has 0 radical (unpaired) electrons. The van der Waals surface area contributed by atoms with E-state index in [9.17, 15) is 18.7 Å². The van der Waals surface area contributed by atoms with Crippen LogP contribution in [0.4, 0.5) is 24.5 Å². The highest BCUT2D eigenvalue weighted by Crippen LogP contribution is 2.34. The quantitative estimate of drug-likeness (QED) is 0.321. The van der Waals surface area contributed by atoms with Crippen molar-refractivity contribution in [2.75, 3.05) is 18.1 Å². The third-order valence-corrected chi connectivity index (χ3v) is 4.40. The standard InChI is InChI=1S/C19H18F3N3O4/c1-7(6-26)25-19(28)14-15(21)17(24)13-11(27)5-12(29-18(13)16(14)22)8-2-3-10(23)9(20)4-8/h2-5,7,19,25-26,28H,6,23-24H2,1H3. The van der Waals surface area contributed by atoms with Gasteiger partial charge in [-0.1, -0.05) is 0 Å². The lowest BCUT2D eigenvalue weighted by Crippen LogP contribution is -2.34. The summed E-state index contributed by atoms with van der Waals surface area (Å²) < 4.78 is 48.8. The van der Waals surface area contributed by atoms with Crippen molar-refractivity contribution in [3.05, 3.63) is 57.5 Å². The van der Waals surface area contributed by atoms with Gasteiger partial charge < -0.3 is 26.1 Å². The maximum Gasteiger partial charge on any atom is 0.195 e. The van der Waals surface area contributed by atoms with Crippen molar-refractivity contribution in [3.63, 3.8) is 0 Å². The second-order valence-corrected chi connectivity index (χ2v) is 6.52. The van der Waals surface area contributed by atoms with E-state index in [-0.39, 0.29) is 17.0 Å². The van der Waals surface area contributed by atoms with Gasteiger partial charge in [0.2, 0.25) is 0 Å². The van der Waals surface area contributed by atoms with E-state index in [4.69, 9.17) is 21.0 Å². The van der Waals surface area contributed by atoms with Crippen LogP contribution in [0.15, 0.2) is 33.5 Å². The second kappa shape index (κ2) is 7.74. The first kappa shape index (κ1) is 20.6. The molecule has 3 rings (SSSR count). The van der Waals surface area contributed by atoms with Crippen LogP contribution in [0.1, 0.15) is 18.7 Å².